The number of nitrogens with zero attached hydrogens (tertiary/aromatic N) is 4. The van der Waals surface area contributed by atoms with Gasteiger partial charge in [-0.3, -0.25) is 24.0 Å². The van der Waals surface area contributed by atoms with Crippen LogP contribution in [0.1, 0.15) is 17.7 Å². The zero-order valence-electron chi connectivity index (χ0n) is 20.5. The first kappa shape index (κ1) is 27.0. The summed E-state index contributed by atoms with van der Waals surface area (Å²) in [6.45, 7) is 5.51. The molecule has 198 valence electrons. The lowest BCUT2D eigenvalue weighted by Gasteiger charge is -2.13. The second-order valence-corrected chi connectivity index (χ2v) is 9.65. The topological polar surface area (TPSA) is 88.7 Å². The second-order valence-electron chi connectivity index (χ2n) is 8.48. The summed E-state index contributed by atoms with van der Waals surface area (Å²) in [5.74, 6) is -1.04. The van der Waals surface area contributed by atoms with Gasteiger partial charge in [0, 0.05) is 25.7 Å². The highest BCUT2D eigenvalue weighted by Gasteiger charge is 2.39. The molecule has 1 aromatic heterocycles. The molecule has 38 heavy (non-hydrogen) atoms. The predicted molar refractivity (Wildman–Crippen MR) is 141 cm³/mol. The van der Waals surface area contributed by atoms with E-state index in [4.69, 9.17) is 0 Å². The van der Waals surface area contributed by atoms with Gasteiger partial charge in [-0.25, -0.2) is 9.67 Å². The van der Waals surface area contributed by atoms with Gasteiger partial charge in [-0.15, -0.1) is 6.58 Å². The van der Waals surface area contributed by atoms with Crippen molar-refractivity contribution in [1.82, 2.24) is 14.3 Å². The highest BCUT2D eigenvalue weighted by Crippen LogP contribution is 2.33. The molecule has 2 amide bonds. The average Bonchev–Trinajstić information content (AvgIpc) is 3.27. The predicted octanol–water partition coefficient (Wildman–Crippen LogP) is 4.65. The molecule has 1 saturated heterocycles. The molecule has 1 unspecified atom stereocenters. The van der Waals surface area contributed by atoms with Crippen molar-refractivity contribution in [3.8, 4) is 5.69 Å². The van der Waals surface area contributed by atoms with E-state index in [-0.39, 0.29) is 35.1 Å². The highest BCUT2D eigenvalue weighted by molar-refractivity contribution is 8.15. The van der Waals surface area contributed by atoms with Crippen molar-refractivity contribution in [1.29, 1.82) is 0 Å². The summed E-state index contributed by atoms with van der Waals surface area (Å²) in [4.78, 5) is 44.8. The van der Waals surface area contributed by atoms with Gasteiger partial charge in [0.15, 0.2) is 10.9 Å². The lowest BCUT2D eigenvalue weighted by molar-refractivity contribution is -0.137. The minimum atomic E-state index is -4.55. The average molecular weight is 544 g/mol. The van der Waals surface area contributed by atoms with Crippen molar-refractivity contribution in [3.05, 3.63) is 88.9 Å². The molecule has 1 atom stereocenters. The van der Waals surface area contributed by atoms with Crippen LogP contribution >= 0.6 is 11.8 Å². The first-order chi connectivity index (χ1) is 18.0. The number of para-hydroxylation sites is 1. The molecule has 0 aliphatic carbocycles. The quantitative estimate of drug-likeness (QED) is 0.440. The van der Waals surface area contributed by atoms with E-state index in [1.807, 2.05) is 18.2 Å². The molecule has 2 aromatic carbocycles. The van der Waals surface area contributed by atoms with Gasteiger partial charge in [0.05, 0.1) is 16.9 Å². The Labute approximate surface area is 220 Å². The normalized spacial score (nSPS) is 16.8. The standard InChI is InChI=1S/C26H24F3N5O3S/c1-4-13-33-23(36)20(15-21(35)30-18-10-8-9-17(14-18)26(27,28)29)38-25(33)31-22-16(2)32(3)34(24(22)37)19-11-6-5-7-12-19/h4-12,14,20H,1,13,15H2,2-3H3,(H,30,35). The van der Waals surface area contributed by atoms with Crippen LogP contribution in [0.25, 0.3) is 5.69 Å². The van der Waals surface area contributed by atoms with E-state index < -0.39 is 28.8 Å². The van der Waals surface area contributed by atoms with E-state index in [0.29, 0.717) is 11.4 Å². The Kier molecular flexibility index (Phi) is 7.63. The Hall–Kier alpha value is -4.06. The zero-order chi connectivity index (χ0) is 27.6. The molecule has 12 heteroatoms. The number of aromatic nitrogens is 2. The van der Waals surface area contributed by atoms with Crippen molar-refractivity contribution in [2.24, 2.45) is 12.0 Å². The third kappa shape index (κ3) is 5.44. The number of carbonyl (C=O) groups excluding carboxylic acids is 2. The lowest BCUT2D eigenvalue weighted by Crippen LogP contribution is -2.33. The number of aliphatic imine (C=N–C) groups is 1. The van der Waals surface area contributed by atoms with E-state index in [9.17, 15) is 27.6 Å². The number of hydrogen-bond acceptors (Lipinski definition) is 5. The SMILES string of the molecule is C=CCN1C(=O)C(CC(=O)Nc2cccc(C(F)(F)F)c2)SC1=Nc1c(C)n(C)n(-c2ccccc2)c1=O. The second kappa shape index (κ2) is 10.7. The Bertz CT molecular complexity index is 1480. The van der Waals surface area contributed by atoms with Crippen molar-refractivity contribution in [3.63, 3.8) is 0 Å². The van der Waals surface area contributed by atoms with E-state index >= 15 is 0 Å². The number of anilines is 1. The molecular formula is C26H24F3N5O3S. The highest BCUT2D eigenvalue weighted by atomic mass is 32.2. The summed E-state index contributed by atoms with van der Waals surface area (Å²) >= 11 is 1.02. The fourth-order valence-corrected chi connectivity index (χ4v) is 5.11. The van der Waals surface area contributed by atoms with Gasteiger partial charge in [0.2, 0.25) is 11.8 Å². The smallest absolute Gasteiger partial charge is 0.326 e. The van der Waals surface area contributed by atoms with Crippen LogP contribution in [-0.2, 0) is 22.8 Å². The Morgan fingerprint density at radius 3 is 2.53 bits per heavy atom. The molecule has 1 N–H and O–H groups in total. The molecule has 1 aliphatic heterocycles. The summed E-state index contributed by atoms with van der Waals surface area (Å²) in [6, 6.07) is 13.3. The van der Waals surface area contributed by atoms with E-state index in [1.165, 1.54) is 27.8 Å². The van der Waals surface area contributed by atoms with E-state index in [0.717, 1.165) is 23.9 Å². The number of halogens is 3. The number of hydrogen-bond donors (Lipinski definition) is 1. The molecule has 3 aromatic rings. The van der Waals surface area contributed by atoms with Crippen molar-refractivity contribution in [2.75, 3.05) is 11.9 Å². The summed E-state index contributed by atoms with van der Waals surface area (Å²) in [5, 5.41) is 1.78. The molecule has 2 heterocycles. The molecule has 1 fully saturated rings. The fourth-order valence-electron chi connectivity index (χ4n) is 3.95. The number of carbonyl (C=O) groups is 2. The van der Waals surface area contributed by atoms with Gasteiger partial charge in [-0.2, -0.15) is 13.2 Å². The van der Waals surface area contributed by atoms with Gasteiger partial charge in [-0.1, -0.05) is 42.1 Å². The zero-order valence-corrected chi connectivity index (χ0v) is 21.3. The number of alkyl halides is 3. The number of benzene rings is 2. The van der Waals surface area contributed by atoms with Crippen LogP contribution in [0.5, 0.6) is 0 Å². The molecule has 8 nitrogen and oxygen atoms in total. The van der Waals surface area contributed by atoms with Gasteiger partial charge in [0.25, 0.3) is 5.56 Å². The molecule has 1 aliphatic rings. The Balaban J connectivity index is 1.58. The molecular weight excluding hydrogens is 519 g/mol. The van der Waals surface area contributed by atoms with Crippen LogP contribution in [0.4, 0.5) is 24.5 Å². The van der Waals surface area contributed by atoms with Crippen molar-refractivity contribution >= 4 is 40.1 Å². The monoisotopic (exact) mass is 543 g/mol. The van der Waals surface area contributed by atoms with E-state index in [1.54, 1.807) is 30.8 Å². The van der Waals surface area contributed by atoms with Crippen LogP contribution in [-0.4, -0.2) is 43.0 Å². The maximum Gasteiger partial charge on any atom is 0.416 e. The maximum atomic E-state index is 13.3. The summed E-state index contributed by atoms with van der Waals surface area (Å²) < 4.78 is 42.1. The Morgan fingerprint density at radius 1 is 1.16 bits per heavy atom. The van der Waals surface area contributed by atoms with Crippen LogP contribution in [0, 0.1) is 6.92 Å². The number of nitrogens with one attached hydrogen (secondary N) is 1. The minimum absolute atomic E-state index is 0.0292. The summed E-state index contributed by atoms with van der Waals surface area (Å²) in [6.07, 6.45) is -3.35. The molecule has 4 rings (SSSR count). The van der Waals surface area contributed by atoms with Gasteiger partial charge >= 0.3 is 6.18 Å². The lowest BCUT2D eigenvalue weighted by atomic mass is 10.2. The molecule has 0 radical (unpaired) electrons. The number of rotatable bonds is 7. The summed E-state index contributed by atoms with van der Waals surface area (Å²) in [5.41, 5.74) is 0.0716. The fraction of sp³-hybridized carbons (Fsp3) is 0.231. The van der Waals surface area contributed by atoms with Crippen molar-refractivity contribution < 1.29 is 22.8 Å². The third-order valence-electron chi connectivity index (χ3n) is 5.91. The third-order valence-corrected chi connectivity index (χ3v) is 7.08. The van der Waals surface area contributed by atoms with Crippen LogP contribution in [0.3, 0.4) is 0 Å². The largest absolute Gasteiger partial charge is 0.416 e. The Morgan fingerprint density at radius 2 is 1.87 bits per heavy atom. The van der Waals surface area contributed by atoms with Crippen LogP contribution < -0.4 is 10.9 Å². The minimum Gasteiger partial charge on any atom is -0.326 e. The van der Waals surface area contributed by atoms with Gasteiger partial charge in [0.1, 0.15) is 5.25 Å². The molecule has 0 saturated carbocycles. The van der Waals surface area contributed by atoms with Crippen LogP contribution in [0.2, 0.25) is 0 Å². The first-order valence-corrected chi connectivity index (χ1v) is 12.4. The molecule has 0 bridgehead atoms. The molecule has 0 spiro atoms. The number of thioether (sulfide) groups is 1. The maximum absolute atomic E-state index is 13.3. The van der Waals surface area contributed by atoms with E-state index in [2.05, 4.69) is 16.9 Å². The number of amidine groups is 1. The first-order valence-electron chi connectivity index (χ1n) is 11.5. The summed E-state index contributed by atoms with van der Waals surface area (Å²) in [7, 11) is 1.72. The number of amides is 2. The van der Waals surface area contributed by atoms with Gasteiger partial charge < -0.3 is 5.32 Å². The van der Waals surface area contributed by atoms with Gasteiger partial charge in [-0.05, 0) is 37.3 Å². The van der Waals surface area contributed by atoms with Crippen molar-refractivity contribution in [2.45, 2.75) is 24.8 Å². The van der Waals surface area contributed by atoms with Crippen LogP contribution in [0.15, 0.2) is 77.0 Å².